The number of benzene rings is 1. The first-order chi connectivity index (χ1) is 13.3. The monoisotopic (exact) mass is 459 g/mol. The fourth-order valence-electron chi connectivity index (χ4n) is 2.94. The Labute approximate surface area is 178 Å². The van der Waals surface area contributed by atoms with E-state index in [1.165, 1.54) is 16.4 Å². The molecule has 1 fully saturated rings. The molecular weight excluding hydrogens is 441 g/mol. The molecular formula is C18H19Cl2N3O3S2. The number of halogens is 2. The second-order valence-electron chi connectivity index (χ2n) is 6.06. The van der Waals surface area contributed by atoms with Crippen molar-refractivity contribution in [3.05, 3.63) is 52.1 Å². The molecule has 2 heterocycles. The van der Waals surface area contributed by atoms with Gasteiger partial charge in [0.25, 0.3) is 5.91 Å². The Balaban J connectivity index is 1.72. The molecule has 0 aliphatic carbocycles. The average molecular weight is 460 g/mol. The number of amides is 1. The lowest BCUT2D eigenvalue weighted by Gasteiger charge is -2.34. The van der Waals surface area contributed by atoms with E-state index in [0.717, 1.165) is 10.8 Å². The van der Waals surface area contributed by atoms with Crippen LogP contribution in [0.25, 0.3) is 0 Å². The number of rotatable bonds is 5. The van der Waals surface area contributed by atoms with Crippen LogP contribution in [0.5, 0.6) is 0 Å². The van der Waals surface area contributed by atoms with Gasteiger partial charge in [-0.15, -0.1) is 11.8 Å². The summed E-state index contributed by atoms with van der Waals surface area (Å²) in [4.78, 5) is 18.6. The first-order valence-electron chi connectivity index (χ1n) is 8.67. The second kappa shape index (κ2) is 9.00. The minimum Gasteiger partial charge on any atom is -0.336 e. The maximum absolute atomic E-state index is 12.9. The lowest BCUT2D eigenvalue weighted by atomic mass is 10.2. The molecule has 2 aromatic rings. The van der Waals surface area contributed by atoms with Crippen LogP contribution >= 0.6 is 35.0 Å². The van der Waals surface area contributed by atoms with Gasteiger partial charge in [-0.25, -0.2) is 13.4 Å². The number of piperazine rings is 1. The van der Waals surface area contributed by atoms with Crippen LogP contribution in [0, 0.1) is 0 Å². The quantitative estimate of drug-likeness (QED) is 0.638. The molecule has 6 nitrogen and oxygen atoms in total. The van der Waals surface area contributed by atoms with Gasteiger partial charge in [-0.2, -0.15) is 4.31 Å². The molecule has 28 heavy (non-hydrogen) atoms. The molecule has 1 amide bonds. The minimum absolute atomic E-state index is 0.0868. The topological polar surface area (TPSA) is 70.6 Å². The van der Waals surface area contributed by atoms with Gasteiger partial charge in [0.2, 0.25) is 10.0 Å². The molecule has 1 aliphatic heterocycles. The molecule has 0 spiro atoms. The van der Waals surface area contributed by atoms with Crippen molar-refractivity contribution in [1.29, 1.82) is 0 Å². The van der Waals surface area contributed by atoms with Gasteiger partial charge in [-0.3, -0.25) is 4.79 Å². The molecule has 0 bridgehead atoms. The summed E-state index contributed by atoms with van der Waals surface area (Å²) in [5.74, 6) is 0.736. The highest BCUT2D eigenvalue weighted by Gasteiger charge is 2.33. The zero-order valence-corrected chi connectivity index (χ0v) is 18.3. The van der Waals surface area contributed by atoms with Gasteiger partial charge in [0.1, 0.15) is 4.90 Å². The Morgan fingerprint density at radius 1 is 1.14 bits per heavy atom. The number of carbonyl (C=O) groups is 1. The van der Waals surface area contributed by atoms with Crippen LogP contribution in [-0.2, 0) is 10.0 Å². The van der Waals surface area contributed by atoms with E-state index in [0.29, 0.717) is 18.7 Å². The molecule has 10 heteroatoms. The van der Waals surface area contributed by atoms with E-state index in [-0.39, 0.29) is 33.9 Å². The highest BCUT2D eigenvalue weighted by atomic mass is 35.5. The van der Waals surface area contributed by atoms with Crippen molar-refractivity contribution >= 4 is 50.9 Å². The number of carbonyl (C=O) groups excluding carboxylic acids is 1. The van der Waals surface area contributed by atoms with Crippen molar-refractivity contribution in [2.75, 3.05) is 31.9 Å². The number of hydrogen-bond acceptors (Lipinski definition) is 5. The van der Waals surface area contributed by atoms with Crippen LogP contribution in [0.4, 0.5) is 0 Å². The highest BCUT2D eigenvalue weighted by molar-refractivity contribution is 7.99. The summed E-state index contributed by atoms with van der Waals surface area (Å²) in [6.07, 6.45) is 1.62. The number of pyridine rings is 1. The minimum atomic E-state index is -3.83. The van der Waals surface area contributed by atoms with E-state index < -0.39 is 10.0 Å². The van der Waals surface area contributed by atoms with Crippen molar-refractivity contribution in [1.82, 2.24) is 14.2 Å². The fraction of sp³-hybridized carbons (Fsp3) is 0.333. The number of nitrogens with zero attached hydrogens (tertiary/aromatic N) is 3. The van der Waals surface area contributed by atoms with E-state index in [1.54, 1.807) is 41.1 Å². The lowest BCUT2D eigenvalue weighted by molar-refractivity contribution is 0.0697. The molecule has 0 saturated carbocycles. The van der Waals surface area contributed by atoms with Gasteiger partial charge in [0.05, 0.1) is 15.1 Å². The summed E-state index contributed by atoms with van der Waals surface area (Å²) < 4.78 is 27.2. The van der Waals surface area contributed by atoms with Gasteiger partial charge in [0.15, 0.2) is 0 Å². The van der Waals surface area contributed by atoms with E-state index in [1.807, 2.05) is 6.92 Å². The number of thioether (sulfide) groups is 1. The predicted molar refractivity (Wildman–Crippen MR) is 112 cm³/mol. The molecule has 0 radical (unpaired) electrons. The maximum atomic E-state index is 12.9. The normalized spacial score (nSPS) is 15.6. The van der Waals surface area contributed by atoms with Crippen LogP contribution in [0.1, 0.15) is 17.3 Å². The third-order valence-corrected chi connectivity index (χ3v) is 7.98. The molecule has 0 N–H and O–H groups in total. The standard InChI is InChI=1S/C18H19Cl2N3O3S2/c1-2-27-16-12-13(6-7-21-16)18(24)22-8-10-23(11-9-22)28(25,26)17-14(19)4-3-5-15(17)20/h3-7,12H,2,8-11H2,1H3. The van der Waals surface area contributed by atoms with Gasteiger partial charge in [-0.1, -0.05) is 36.2 Å². The van der Waals surface area contributed by atoms with Crippen LogP contribution in [0.15, 0.2) is 46.5 Å². The SMILES string of the molecule is CCSc1cc(C(=O)N2CCN(S(=O)(=O)c3c(Cl)cccc3Cl)CC2)ccn1. The van der Waals surface area contributed by atoms with Gasteiger partial charge in [0, 0.05) is 37.9 Å². The van der Waals surface area contributed by atoms with E-state index in [2.05, 4.69) is 4.98 Å². The third-order valence-electron chi connectivity index (χ3n) is 4.32. The van der Waals surface area contributed by atoms with Crippen molar-refractivity contribution in [3.8, 4) is 0 Å². The summed E-state index contributed by atoms with van der Waals surface area (Å²) >= 11 is 13.7. The van der Waals surface area contributed by atoms with Crippen molar-refractivity contribution in [3.63, 3.8) is 0 Å². The van der Waals surface area contributed by atoms with Crippen LogP contribution < -0.4 is 0 Å². The zero-order valence-electron chi connectivity index (χ0n) is 15.1. The fourth-order valence-corrected chi connectivity index (χ4v) is 6.10. The molecule has 0 unspecified atom stereocenters. The molecule has 1 saturated heterocycles. The summed E-state index contributed by atoms with van der Waals surface area (Å²) in [5.41, 5.74) is 0.552. The number of hydrogen-bond donors (Lipinski definition) is 0. The molecule has 0 atom stereocenters. The Hall–Kier alpha value is -1.32. The van der Waals surface area contributed by atoms with E-state index in [9.17, 15) is 13.2 Å². The zero-order chi connectivity index (χ0) is 20.3. The summed E-state index contributed by atoms with van der Waals surface area (Å²) in [6.45, 7) is 2.96. The lowest BCUT2D eigenvalue weighted by Crippen LogP contribution is -2.50. The second-order valence-corrected chi connectivity index (χ2v) is 10.0. The molecule has 3 rings (SSSR count). The third kappa shape index (κ3) is 4.46. The summed E-state index contributed by atoms with van der Waals surface area (Å²) in [6, 6.07) is 8.03. The molecule has 1 aromatic heterocycles. The van der Waals surface area contributed by atoms with Crippen molar-refractivity contribution in [2.45, 2.75) is 16.8 Å². The van der Waals surface area contributed by atoms with Crippen LogP contribution in [-0.4, -0.2) is 60.4 Å². The molecule has 1 aliphatic rings. The van der Waals surface area contributed by atoms with Crippen LogP contribution in [0.2, 0.25) is 10.0 Å². The van der Waals surface area contributed by atoms with Crippen molar-refractivity contribution in [2.24, 2.45) is 0 Å². The molecule has 150 valence electrons. The average Bonchev–Trinajstić information content (AvgIpc) is 2.68. The summed E-state index contributed by atoms with van der Waals surface area (Å²) in [5, 5.41) is 0.968. The molecule has 1 aromatic carbocycles. The maximum Gasteiger partial charge on any atom is 0.254 e. The predicted octanol–water partition coefficient (Wildman–Crippen LogP) is 3.65. The Morgan fingerprint density at radius 3 is 2.39 bits per heavy atom. The first kappa shape index (κ1) is 21.4. The van der Waals surface area contributed by atoms with E-state index >= 15 is 0 Å². The van der Waals surface area contributed by atoms with Crippen molar-refractivity contribution < 1.29 is 13.2 Å². The summed E-state index contributed by atoms with van der Waals surface area (Å²) in [7, 11) is -3.83. The number of aromatic nitrogens is 1. The Bertz CT molecular complexity index is 958. The highest BCUT2D eigenvalue weighted by Crippen LogP contribution is 2.32. The number of sulfonamides is 1. The Kier molecular flexibility index (Phi) is 6.88. The smallest absolute Gasteiger partial charge is 0.254 e. The van der Waals surface area contributed by atoms with Crippen LogP contribution in [0.3, 0.4) is 0 Å². The Morgan fingerprint density at radius 2 is 1.79 bits per heavy atom. The largest absolute Gasteiger partial charge is 0.336 e. The first-order valence-corrected chi connectivity index (χ1v) is 11.8. The van der Waals surface area contributed by atoms with Gasteiger partial charge in [-0.05, 0) is 30.0 Å². The van der Waals surface area contributed by atoms with E-state index in [4.69, 9.17) is 23.2 Å². The van der Waals surface area contributed by atoms with Gasteiger partial charge < -0.3 is 4.90 Å². The van der Waals surface area contributed by atoms with Gasteiger partial charge >= 0.3 is 0 Å².